The number of esters is 1. The molecule has 4 nitrogen and oxygen atoms in total. The van der Waals surface area contributed by atoms with Crippen LogP contribution in [-0.2, 0) is 19.8 Å². The minimum Gasteiger partial charge on any atom is -0.461 e. The quantitative estimate of drug-likeness (QED) is 0.592. The van der Waals surface area contributed by atoms with Gasteiger partial charge in [0.05, 0.1) is 6.42 Å². The van der Waals surface area contributed by atoms with Gasteiger partial charge in [0.1, 0.15) is 11.9 Å². The Morgan fingerprint density at radius 1 is 1.37 bits per heavy atom. The van der Waals surface area contributed by atoms with E-state index >= 15 is 0 Å². The van der Waals surface area contributed by atoms with Gasteiger partial charge in [-0.25, -0.2) is 0 Å². The highest BCUT2D eigenvalue weighted by atomic mass is 32.3. The number of cyclic esters (lactones) is 1. The average molecular weight is 292 g/mol. The second kappa shape index (κ2) is 5.04. The summed E-state index contributed by atoms with van der Waals surface area (Å²) in [4.78, 5) is 11.5. The van der Waals surface area contributed by atoms with Crippen LogP contribution in [0.15, 0.2) is 0 Å². The van der Waals surface area contributed by atoms with Crippen molar-refractivity contribution >= 4 is 16.2 Å². The van der Waals surface area contributed by atoms with Crippen LogP contribution in [0.2, 0.25) is 0 Å². The van der Waals surface area contributed by atoms with Gasteiger partial charge in [-0.2, -0.15) is 8.42 Å². The Hall–Kier alpha value is -0.650. The molecule has 2 aliphatic rings. The molecule has 2 fully saturated rings. The van der Waals surface area contributed by atoms with E-state index in [-0.39, 0.29) is 6.42 Å². The van der Waals surface area contributed by atoms with Crippen molar-refractivity contribution in [3.8, 4) is 0 Å². The highest BCUT2D eigenvalue weighted by Gasteiger charge is 2.52. The van der Waals surface area contributed by atoms with E-state index < -0.39 is 33.5 Å². The zero-order chi connectivity index (χ0) is 14.3. The molecule has 19 heavy (non-hydrogen) atoms. The predicted octanol–water partition coefficient (Wildman–Crippen LogP) is 2.43. The van der Waals surface area contributed by atoms with Gasteiger partial charge in [-0.05, 0) is 37.5 Å². The van der Waals surface area contributed by atoms with Crippen LogP contribution >= 0.6 is 0 Å². The molecule has 1 unspecified atom stereocenters. The summed E-state index contributed by atoms with van der Waals surface area (Å²) in [6, 6.07) is 0. The van der Waals surface area contributed by atoms with Crippen LogP contribution in [0.5, 0.6) is 0 Å². The summed E-state index contributed by atoms with van der Waals surface area (Å²) >= 11 is 0. The van der Waals surface area contributed by atoms with Crippen LogP contribution in [0, 0.1) is 17.3 Å². The lowest BCUT2D eigenvalue weighted by atomic mass is 9.65. The molecule has 1 saturated heterocycles. The summed E-state index contributed by atoms with van der Waals surface area (Å²) in [5, 5.41) is 0. The van der Waals surface area contributed by atoms with Crippen molar-refractivity contribution in [3.63, 3.8) is 0 Å². The smallest absolute Gasteiger partial charge is 0.306 e. The summed E-state index contributed by atoms with van der Waals surface area (Å²) < 4.78 is 39.6. The lowest BCUT2D eigenvalue weighted by Crippen LogP contribution is -2.39. The topological polar surface area (TPSA) is 60.4 Å². The third-order valence-electron chi connectivity index (χ3n) is 4.77. The molecule has 1 saturated carbocycles. The largest absolute Gasteiger partial charge is 0.461 e. The van der Waals surface area contributed by atoms with Gasteiger partial charge in [-0.1, -0.05) is 13.8 Å². The maximum atomic E-state index is 12.9. The van der Waals surface area contributed by atoms with E-state index in [1.165, 1.54) is 0 Å². The first kappa shape index (κ1) is 14.8. The second-order valence-electron chi connectivity index (χ2n) is 6.30. The number of halogens is 1. The van der Waals surface area contributed by atoms with Gasteiger partial charge in [0.2, 0.25) is 0 Å². The van der Waals surface area contributed by atoms with Crippen LogP contribution in [-0.4, -0.2) is 26.2 Å². The Labute approximate surface area is 113 Å². The Balaban J connectivity index is 2.11. The Bertz CT molecular complexity index is 449. The van der Waals surface area contributed by atoms with Gasteiger partial charge in [0, 0.05) is 5.41 Å². The molecule has 0 bridgehead atoms. The van der Waals surface area contributed by atoms with Crippen molar-refractivity contribution in [1.82, 2.24) is 0 Å². The summed E-state index contributed by atoms with van der Waals surface area (Å²) in [7, 11) is -4.61. The molecule has 0 aromatic rings. The van der Waals surface area contributed by atoms with Gasteiger partial charge in [0.25, 0.3) is 0 Å². The molecule has 1 atom stereocenters. The SMILES string of the molecule is CC(C)C1CCC2(CC1)CC(=O)OC2CS(=O)(=O)F. The third kappa shape index (κ3) is 3.27. The maximum Gasteiger partial charge on any atom is 0.306 e. The van der Waals surface area contributed by atoms with Crippen LogP contribution in [0.4, 0.5) is 3.89 Å². The van der Waals surface area contributed by atoms with Crippen molar-refractivity contribution in [2.45, 2.75) is 52.1 Å². The van der Waals surface area contributed by atoms with Gasteiger partial charge >= 0.3 is 16.2 Å². The van der Waals surface area contributed by atoms with Gasteiger partial charge in [-0.15, -0.1) is 3.89 Å². The molecule has 0 aromatic carbocycles. The first-order valence-corrected chi connectivity index (χ1v) is 8.39. The van der Waals surface area contributed by atoms with E-state index in [9.17, 15) is 17.1 Å². The van der Waals surface area contributed by atoms with Crippen molar-refractivity contribution in [1.29, 1.82) is 0 Å². The van der Waals surface area contributed by atoms with Crippen LogP contribution in [0.1, 0.15) is 46.0 Å². The minimum atomic E-state index is -4.61. The van der Waals surface area contributed by atoms with E-state index in [1.807, 2.05) is 0 Å². The first-order valence-electron chi connectivity index (χ1n) is 6.84. The van der Waals surface area contributed by atoms with Gasteiger partial charge in [-0.3, -0.25) is 4.79 Å². The molecular weight excluding hydrogens is 271 g/mol. The molecule has 2 rings (SSSR count). The molecule has 1 spiro atoms. The fraction of sp³-hybridized carbons (Fsp3) is 0.923. The van der Waals surface area contributed by atoms with E-state index in [0.29, 0.717) is 11.8 Å². The normalized spacial score (nSPS) is 35.9. The summed E-state index contributed by atoms with van der Waals surface area (Å²) in [6.07, 6.45) is 2.85. The Morgan fingerprint density at radius 3 is 2.42 bits per heavy atom. The number of carbonyl (C=O) groups is 1. The lowest BCUT2D eigenvalue weighted by Gasteiger charge is -2.40. The van der Waals surface area contributed by atoms with Crippen molar-refractivity contribution in [2.75, 3.05) is 5.75 Å². The summed E-state index contributed by atoms with van der Waals surface area (Å²) in [5.41, 5.74) is -0.457. The predicted molar refractivity (Wildman–Crippen MR) is 68.6 cm³/mol. The summed E-state index contributed by atoms with van der Waals surface area (Å²) in [5.74, 6) is 0.102. The van der Waals surface area contributed by atoms with E-state index in [4.69, 9.17) is 4.74 Å². The van der Waals surface area contributed by atoms with Crippen molar-refractivity contribution in [3.05, 3.63) is 0 Å². The number of hydrogen-bond acceptors (Lipinski definition) is 4. The number of ether oxygens (including phenoxy) is 1. The molecule has 0 radical (unpaired) electrons. The lowest BCUT2D eigenvalue weighted by molar-refractivity contribution is -0.141. The highest BCUT2D eigenvalue weighted by molar-refractivity contribution is 7.86. The zero-order valence-corrected chi connectivity index (χ0v) is 12.2. The number of rotatable bonds is 3. The first-order chi connectivity index (χ1) is 8.72. The van der Waals surface area contributed by atoms with E-state index in [2.05, 4.69) is 13.8 Å². The van der Waals surface area contributed by atoms with Gasteiger partial charge in [0.15, 0.2) is 0 Å². The molecule has 110 valence electrons. The fourth-order valence-electron chi connectivity index (χ4n) is 3.50. The average Bonchev–Trinajstić information content (AvgIpc) is 2.53. The molecule has 1 heterocycles. The van der Waals surface area contributed by atoms with Crippen molar-refractivity contribution in [2.24, 2.45) is 17.3 Å². The number of hydrogen-bond donors (Lipinski definition) is 0. The Kier molecular flexibility index (Phi) is 3.91. The number of carbonyl (C=O) groups excluding carboxylic acids is 1. The molecule has 0 N–H and O–H groups in total. The summed E-state index contributed by atoms with van der Waals surface area (Å²) in [6.45, 7) is 4.34. The van der Waals surface area contributed by atoms with Crippen LogP contribution in [0.3, 0.4) is 0 Å². The second-order valence-corrected chi connectivity index (χ2v) is 7.72. The standard InChI is InChI=1S/C13H21FO4S/c1-9(2)10-3-5-13(6-4-10)7-12(15)18-11(13)8-19(14,16)17/h9-11H,3-8H2,1-2H3. The molecule has 1 aliphatic carbocycles. The maximum absolute atomic E-state index is 12.9. The van der Waals surface area contributed by atoms with Crippen LogP contribution < -0.4 is 0 Å². The molecular formula is C13H21FO4S. The van der Waals surface area contributed by atoms with Crippen LogP contribution in [0.25, 0.3) is 0 Å². The molecule has 6 heteroatoms. The third-order valence-corrected chi connectivity index (χ3v) is 5.47. The fourth-order valence-corrected chi connectivity index (χ4v) is 4.28. The zero-order valence-electron chi connectivity index (χ0n) is 11.4. The Morgan fingerprint density at radius 2 is 1.95 bits per heavy atom. The highest BCUT2D eigenvalue weighted by Crippen LogP contribution is 2.50. The molecule has 0 amide bonds. The molecule has 0 aromatic heterocycles. The monoisotopic (exact) mass is 292 g/mol. The van der Waals surface area contributed by atoms with Gasteiger partial charge < -0.3 is 4.74 Å². The van der Waals surface area contributed by atoms with E-state index in [0.717, 1.165) is 25.7 Å². The van der Waals surface area contributed by atoms with Crippen molar-refractivity contribution < 1.29 is 21.8 Å². The minimum absolute atomic E-state index is 0.234. The molecule has 1 aliphatic heterocycles. The van der Waals surface area contributed by atoms with E-state index in [1.54, 1.807) is 0 Å².